The predicted molar refractivity (Wildman–Crippen MR) is 79.4 cm³/mol. The van der Waals surface area contributed by atoms with Gasteiger partial charge in [-0.1, -0.05) is 30.3 Å². The molecule has 0 fully saturated rings. The fourth-order valence-electron chi connectivity index (χ4n) is 2.10. The highest BCUT2D eigenvalue weighted by Crippen LogP contribution is 2.12. The van der Waals surface area contributed by atoms with Crippen molar-refractivity contribution in [2.75, 3.05) is 7.11 Å². The molecule has 0 saturated carbocycles. The molecule has 2 aromatic rings. The smallest absolute Gasteiger partial charge is 0.126 e. The minimum Gasteiger partial charge on any atom is -0.497 e. The second-order valence-electron chi connectivity index (χ2n) is 4.93. The summed E-state index contributed by atoms with van der Waals surface area (Å²) in [4.78, 5) is 0. The first-order chi connectivity index (χ1) is 9.69. The molecule has 1 N–H and O–H groups in total. The molecule has 20 heavy (non-hydrogen) atoms. The first-order valence-electron chi connectivity index (χ1n) is 6.79. The fourth-order valence-corrected chi connectivity index (χ4v) is 2.10. The summed E-state index contributed by atoms with van der Waals surface area (Å²) in [6.07, 6.45) is 0.683. The van der Waals surface area contributed by atoms with Crippen LogP contribution in [0.15, 0.2) is 48.5 Å². The van der Waals surface area contributed by atoms with Crippen LogP contribution < -0.4 is 10.1 Å². The molecular weight excluding hydrogens is 253 g/mol. The second kappa shape index (κ2) is 7.06. The van der Waals surface area contributed by atoms with Gasteiger partial charge in [0.15, 0.2) is 0 Å². The summed E-state index contributed by atoms with van der Waals surface area (Å²) in [6.45, 7) is 2.83. The Hall–Kier alpha value is -1.87. The molecule has 1 atom stereocenters. The highest BCUT2D eigenvalue weighted by molar-refractivity contribution is 5.27. The third-order valence-corrected chi connectivity index (χ3v) is 3.30. The third-order valence-electron chi connectivity index (χ3n) is 3.30. The summed E-state index contributed by atoms with van der Waals surface area (Å²) in [7, 11) is 1.66. The number of hydrogen-bond acceptors (Lipinski definition) is 2. The number of benzene rings is 2. The van der Waals surface area contributed by atoms with E-state index in [-0.39, 0.29) is 11.9 Å². The second-order valence-corrected chi connectivity index (χ2v) is 4.93. The van der Waals surface area contributed by atoms with Gasteiger partial charge in [-0.2, -0.15) is 0 Å². The number of hydrogen-bond donors (Lipinski definition) is 1. The lowest BCUT2D eigenvalue weighted by Gasteiger charge is -2.14. The van der Waals surface area contributed by atoms with Gasteiger partial charge >= 0.3 is 0 Å². The van der Waals surface area contributed by atoms with Gasteiger partial charge in [-0.25, -0.2) is 4.39 Å². The number of rotatable bonds is 6. The van der Waals surface area contributed by atoms with Gasteiger partial charge in [0, 0.05) is 12.6 Å². The van der Waals surface area contributed by atoms with Gasteiger partial charge in [-0.05, 0) is 42.7 Å². The maximum atomic E-state index is 13.6. The van der Waals surface area contributed by atoms with E-state index in [4.69, 9.17) is 4.74 Å². The van der Waals surface area contributed by atoms with E-state index in [2.05, 4.69) is 12.2 Å². The number of halogens is 1. The molecule has 0 heterocycles. The summed E-state index contributed by atoms with van der Waals surface area (Å²) in [5.74, 6) is 0.721. The van der Waals surface area contributed by atoms with Crippen molar-refractivity contribution >= 4 is 0 Å². The molecule has 0 spiro atoms. The van der Waals surface area contributed by atoms with Crippen LogP contribution in [-0.2, 0) is 13.0 Å². The Labute approximate surface area is 119 Å². The van der Waals surface area contributed by atoms with Gasteiger partial charge < -0.3 is 10.1 Å². The molecule has 0 amide bonds. The van der Waals surface area contributed by atoms with Crippen molar-refractivity contribution in [2.24, 2.45) is 0 Å². The van der Waals surface area contributed by atoms with E-state index in [1.807, 2.05) is 36.4 Å². The normalized spacial score (nSPS) is 12.2. The van der Waals surface area contributed by atoms with Crippen molar-refractivity contribution in [3.63, 3.8) is 0 Å². The lowest BCUT2D eigenvalue weighted by atomic mass is 10.1. The zero-order valence-corrected chi connectivity index (χ0v) is 11.9. The van der Waals surface area contributed by atoms with Crippen LogP contribution in [0.4, 0.5) is 4.39 Å². The molecule has 0 radical (unpaired) electrons. The van der Waals surface area contributed by atoms with Gasteiger partial charge in [0.2, 0.25) is 0 Å². The van der Waals surface area contributed by atoms with Crippen molar-refractivity contribution in [2.45, 2.75) is 25.9 Å². The topological polar surface area (TPSA) is 21.3 Å². The highest BCUT2D eigenvalue weighted by atomic mass is 19.1. The molecule has 0 saturated heterocycles. The van der Waals surface area contributed by atoms with Crippen LogP contribution in [0.5, 0.6) is 5.75 Å². The zero-order chi connectivity index (χ0) is 14.4. The maximum Gasteiger partial charge on any atom is 0.126 e. The van der Waals surface area contributed by atoms with Crippen molar-refractivity contribution in [3.05, 3.63) is 65.5 Å². The molecule has 0 aliphatic carbocycles. The molecule has 2 aromatic carbocycles. The quantitative estimate of drug-likeness (QED) is 0.869. The minimum atomic E-state index is -0.134. The van der Waals surface area contributed by atoms with Gasteiger partial charge in [0.25, 0.3) is 0 Å². The summed E-state index contributed by atoms with van der Waals surface area (Å²) in [5.41, 5.74) is 1.94. The Bertz CT molecular complexity index is 539. The first kappa shape index (κ1) is 14.5. The van der Waals surface area contributed by atoms with E-state index in [1.54, 1.807) is 13.2 Å². The van der Waals surface area contributed by atoms with Gasteiger partial charge in [0.05, 0.1) is 7.11 Å². The Morgan fingerprint density at radius 3 is 2.45 bits per heavy atom. The summed E-state index contributed by atoms with van der Waals surface area (Å²) in [5, 5.41) is 3.40. The molecule has 3 heteroatoms. The van der Waals surface area contributed by atoms with Crippen LogP contribution in [0.3, 0.4) is 0 Å². The molecule has 0 bridgehead atoms. The average Bonchev–Trinajstić information content (AvgIpc) is 2.48. The molecule has 1 unspecified atom stereocenters. The van der Waals surface area contributed by atoms with E-state index in [0.29, 0.717) is 6.42 Å². The van der Waals surface area contributed by atoms with E-state index in [0.717, 1.165) is 17.9 Å². The van der Waals surface area contributed by atoms with Gasteiger partial charge in [0.1, 0.15) is 11.6 Å². The molecule has 0 aliphatic rings. The number of ether oxygens (including phenoxy) is 1. The van der Waals surface area contributed by atoms with Crippen LogP contribution in [0.2, 0.25) is 0 Å². The van der Waals surface area contributed by atoms with E-state index in [9.17, 15) is 4.39 Å². The predicted octanol–water partition coefficient (Wildman–Crippen LogP) is 3.56. The molecule has 106 valence electrons. The fraction of sp³-hybridized carbons (Fsp3) is 0.294. The van der Waals surface area contributed by atoms with Crippen LogP contribution >= 0.6 is 0 Å². The van der Waals surface area contributed by atoms with Crippen LogP contribution in [-0.4, -0.2) is 13.2 Å². The van der Waals surface area contributed by atoms with Crippen LogP contribution in [0, 0.1) is 5.82 Å². The monoisotopic (exact) mass is 273 g/mol. The van der Waals surface area contributed by atoms with Crippen molar-refractivity contribution in [1.82, 2.24) is 5.32 Å². The minimum absolute atomic E-state index is 0.134. The van der Waals surface area contributed by atoms with Crippen molar-refractivity contribution in [1.29, 1.82) is 0 Å². The summed E-state index contributed by atoms with van der Waals surface area (Å²) in [6, 6.07) is 15.1. The van der Waals surface area contributed by atoms with E-state index in [1.165, 1.54) is 11.6 Å². The standard InChI is InChI=1S/C17H20FNO/c1-13(11-15-5-3-4-6-17(15)18)19-12-14-7-9-16(20-2)10-8-14/h3-10,13,19H,11-12H2,1-2H3. The Morgan fingerprint density at radius 2 is 1.80 bits per heavy atom. The number of methoxy groups -OCH3 is 1. The molecule has 2 rings (SSSR count). The Kier molecular flexibility index (Phi) is 5.13. The highest BCUT2D eigenvalue weighted by Gasteiger charge is 2.07. The molecule has 0 aromatic heterocycles. The zero-order valence-electron chi connectivity index (χ0n) is 11.9. The lowest BCUT2D eigenvalue weighted by molar-refractivity contribution is 0.414. The molecular formula is C17H20FNO. The number of nitrogens with one attached hydrogen (secondary N) is 1. The van der Waals surface area contributed by atoms with Gasteiger partial charge in [-0.3, -0.25) is 0 Å². The Balaban J connectivity index is 1.85. The Morgan fingerprint density at radius 1 is 1.10 bits per heavy atom. The SMILES string of the molecule is COc1ccc(CNC(C)Cc2ccccc2F)cc1. The summed E-state index contributed by atoms with van der Waals surface area (Å²) >= 11 is 0. The molecule has 0 aliphatic heterocycles. The van der Waals surface area contributed by atoms with Crippen LogP contribution in [0.1, 0.15) is 18.1 Å². The maximum absolute atomic E-state index is 13.6. The largest absolute Gasteiger partial charge is 0.497 e. The first-order valence-corrected chi connectivity index (χ1v) is 6.79. The van der Waals surface area contributed by atoms with Crippen LogP contribution in [0.25, 0.3) is 0 Å². The molecule has 2 nitrogen and oxygen atoms in total. The third kappa shape index (κ3) is 4.07. The lowest BCUT2D eigenvalue weighted by Crippen LogP contribution is -2.27. The van der Waals surface area contributed by atoms with Crippen molar-refractivity contribution < 1.29 is 9.13 Å². The summed E-state index contributed by atoms with van der Waals surface area (Å²) < 4.78 is 18.7. The van der Waals surface area contributed by atoms with E-state index < -0.39 is 0 Å². The van der Waals surface area contributed by atoms with E-state index >= 15 is 0 Å². The van der Waals surface area contributed by atoms with Crippen molar-refractivity contribution in [3.8, 4) is 5.75 Å². The average molecular weight is 273 g/mol. The van der Waals surface area contributed by atoms with Gasteiger partial charge in [-0.15, -0.1) is 0 Å².